The van der Waals surface area contributed by atoms with Gasteiger partial charge in [0.25, 0.3) is 0 Å². The van der Waals surface area contributed by atoms with Crippen LogP contribution in [-0.4, -0.2) is 22.7 Å². The molecule has 0 saturated heterocycles. The summed E-state index contributed by atoms with van der Waals surface area (Å²) in [6.45, 7) is 4.15. The maximum absolute atomic E-state index is 12.7. The zero-order valence-electron chi connectivity index (χ0n) is 14.7. The van der Waals surface area contributed by atoms with Crippen LogP contribution in [0.25, 0.3) is 11.4 Å². The van der Waals surface area contributed by atoms with Crippen molar-refractivity contribution in [1.29, 1.82) is 0 Å². The average Bonchev–Trinajstić information content (AvgIpc) is 2.60. The molecule has 0 bridgehead atoms. The third kappa shape index (κ3) is 6.26. The van der Waals surface area contributed by atoms with Crippen LogP contribution in [0.3, 0.4) is 0 Å². The fraction of sp³-hybridized carbons (Fsp3) is 0.500. The smallest absolute Gasteiger partial charge is 0.159 e. The molecule has 24 heavy (non-hydrogen) atoms. The Bertz CT molecular complexity index is 582. The highest BCUT2D eigenvalue weighted by Crippen LogP contribution is 2.20. The second-order valence-corrected chi connectivity index (χ2v) is 6.17. The zero-order chi connectivity index (χ0) is 17.2. The molecule has 1 heterocycles. The summed E-state index contributed by atoms with van der Waals surface area (Å²) >= 11 is 0. The van der Waals surface area contributed by atoms with Gasteiger partial charge in [-0.3, -0.25) is 0 Å². The Kier molecular flexibility index (Phi) is 7.66. The summed E-state index contributed by atoms with van der Waals surface area (Å²) in [6, 6.07) is 7.62. The molecule has 0 aliphatic heterocycles. The van der Waals surface area contributed by atoms with E-state index in [1.54, 1.807) is 0 Å². The first-order chi connectivity index (χ1) is 11.7. The maximum atomic E-state index is 12.7. The summed E-state index contributed by atoms with van der Waals surface area (Å²) in [5.41, 5.74) is 2.15. The van der Waals surface area contributed by atoms with E-state index in [1.807, 2.05) is 36.7 Å². The lowest BCUT2D eigenvalue weighted by molar-refractivity contribution is 0.247. The highest BCUT2D eigenvalue weighted by atomic mass is 19.1. The SMILES string of the molecule is CCCCCCc1cnc(-c2ccc(OCCC(C)F)cc2)nc1. The zero-order valence-corrected chi connectivity index (χ0v) is 14.7. The third-order valence-electron chi connectivity index (χ3n) is 3.92. The second-order valence-electron chi connectivity index (χ2n) is 6.17. The van der Waals surface area contributed by atoms with Crippen molar-refractivity contribution in [2.75, 3.05) is 6.61 Å². The molecule has 0 spiro atoms. The third-order valence-corrected chi connectivity index (χ3v) is 3.92. The monoisotopic (exact) mass is 330 g/mol. The van der Waals surface area contributed by atoms with Crippen LogP contribution < -0.4 is 4.74 Å². The van der Waals surface area contributed by atoms with E-state index in [-0.39, 0.29) is 0 Å². The molecule has 1 unspecified atom stereocenters. The van der Waals surface area contributed by atoms with Crippen molar-refractivity contribution in [3.8, 4) is 17.1 Å². The summed E-state index contributed by atoms with van der Waals surface area (Å²) in [4.78, 5) is 8.92. The van der Waals surface area contributed by atoms with Gasteiger partial charge in [-0.25, -0.2) is 14.4 Å². The molecule has 0 N–H and O–H groups in total. The van der Waals surface area contributed by atoms with E-state index in [2.05, 4.69) is 16.9 Å². The van der Waals surface area contributed by atoms with Crippen molar-refractivity contribution in [3.63, 3.8) is 0 Å². The molecule has 2 rings (SSSR count). The van der Waals surface area contributed by atoms with Crippen LogP contribution in [0.15, 0.2) is 36.7 Å². The van der Waals surface area contributed by atoms with Crippen molar-refractivity contribution in [2.45, 2.75) is 58.5 Å². The van der Waals surface area contributed by atoms with E-state index in [0.717, 1.165) is 23.6 Å². The number of alkyl halides is 1. The number of rotatable bonds is 10. The maximum Gasteiger partial charge on any atom is 0.159 e. The summed E-state index contributed by atoms with van der Waals surface area (Å²) in [6.07, 6.45) is 9.45. The molecule has 130 valence electrons. The molecule has 0 fully saturated rings. The number of nitrogens with zero attached hydrogens (tertiary/aromatic N) is 2. The summed E-state index contributed by atoms with van der Waals surface area (Å²) in [7, 11) is 0. The average molecular weight is 330 g/mol. The summed E-state index contributed by atoms with van der Waals surface area (Å²) in [5.74, 6) is 1.46. The quantitative estimate of drug-likeness (QED) is 0.548. The first-order valence-electron chi connectivity index (χ1n) is 8.87. The van der Waals surface area contributed by atoms with E-state index in [4.69, 9.17) is 4.74 Å². The fourth-order valence-electron chi connectivity index (χ4n) is 2.43. The van der Waals surface area contributed by atoms with Gasteiger partial charge in [-0.1, -0.05) is 26.2 Å². The Morgan fingerprint density at radius 3 is 2.38 bits per heavy atom. The fourth-order valence-corrected chi connectivity index (χ4v) is 2.43. The number of hydrogen-bond acceptors (Lipinski definition) is 3. The van der Waals surface area contributed by atoms with Crippen LogP contribution in [0.4, 0.5) is 4.39 Å². The normalized spacial score (nSPS) is 12.1. The molecule has 0 aliphatic rings. The van der Waals surface area contributed by atoms with Gasteiger partial charge in [-0.05, 0) is 49.6 Å². The molecule has 4 heteroatoms. The molecule has 2 aromatic rings. The molecule has 3 nitrogen and oxygen atoms in total. The predicted molar refractivity (Wildman–Crippen MR) is 96.0 cm³/mol. The largest absolute Gasteiger partial charge is 0.493 e. The van der Waals surface area contributed by atoms with E-state index in [9.17, 15) is 4.39 Å². The van der Waals surface area contributed by atoms with Gasteiger partial charge in [0, 0.05) is 24.4 Å². The van der Waals surface area contributed by atoms with Crippen molar-refractivity contribution in [2.24, 2.45) is 0 Å². The molecular weight excluding hydrogens is 303 g/mol. The van der Waals surface area contributed by atoms with Crippen LogP contribution >= 0.6 is 0 Å². The number of benzene rings is 1. The Balaban J connectivity index is 1.87. The van der Waals surface area contributed by atoms with E-state index < -0.39 is 6.17 Å². The number of hydrogen-bond donors (Lipinski definition) is 0. The lowest BCUT2D eigenvalue weighted by Gasteiger charge is -2.07. The van der Waals surface area contributed by atoms with Gasteiger partial charge >= 0.3 is 0 Å². The first kappa shape index (κ1) is 18.4. The van der Waals surface area contributed by atoms with Gasteiger partial charge in [-0.2, -0.15) is 0 Å². The van der Waals surface area contributed by atoms with Gasteiger partial charge in [0.05, 0.1) is 6.61 Å². The minimum absolute atomic E-state index is 0.389. The van der Waals surface area contributed by atoms with Crippen LogP contribution in [-0.2, 0) is 6.42 Å². The topological polar surface area (TPSA) is 35.0 Å². The number of halogens is 1. The molecule has 0 radical (unpaired) electrons. The van der Waals surface area contributed by atoms with E-state index in [1.165, 1.54) is 38.2 Å². The van der Waals surface area contributed by atoms with Crippen LogP contribution in [0, 0.1) is 0 Å². The minimum atomic E-state index is -0.835. The van der Waals surface area contributed by atoms with Gasteiger partial charge < -0.3 is 4.74 Å². The number of unbranched alkanes of at least 4 members (excludes halogenated alkanes) is 3. The lowest BCUT2D eigenvalue weighted by Crippen LogP contribution is -2.03. The van der Waals surface area contributed by atoms with E-state index >= 15 is 0 Å². The number of aromatic nitrogens is 2. The van der Waals surface area contributed by atoms with Gasteiger partial charge in [0.1, 0.15) is 11.9 Å². The Hall–Kier alpha value is -1.97. The van der Waals surface area contributed by atoms with Crippen molar-refractivity contribution in [1.82, 2.24) is 9.97 Å². The van der Waals surface area contributed by atoms with Crippen LogP contribution in [0.2, 0.25) is 0 Å². The summed E-state index contributed by atoms with van der Waals surface area (Å²) < 4.78 is 18.3. The van der Waals surface area contributed by atoms with Crippen molar-refractivity contribution >= 4 is 0 Å². The molecule has 0 aliphatic carbocycles. The van der Waals surface area contributed by atoms with Crippen LogP contribution in [0.1, 0.15) is 51.5 Å². The van der Waals surface area contributed by atoms with Gasteiger partial charge in [0.2, 0.25) is 0 Å². The Morgan fingerprint density at radius 2 is 1.75 bits per heavy atom. The van der Waals surface area contributed by atoms with Crippen molar-refractivity contribution in [3.05, 3.63) is 42.2 Å². The van der Waals surface area contributed by atoms with Gasteiger partial charge in [-0.15, -0.1) is 0 Å². The molecule has 1 aromatic carbocycles. The molecule has 1 atom stereocenters. The highest BCUT2D eigenvalue weighted by molar-refractivity contribution is 5.55. The number of aryl methyl sites for hydroxylation is 1. The molecule has 0 amide bonds. The first-order valence-corrected chi connectivity index (χ1v) is 8.87. The summed E-state index contributed by atoms with van der Waals surface area (Å²) in [5, 5.41) is 0. The molecule has 1 aromatic heterocycles. The lowest BCUT2D eigenvalue weighted by atomic mass is 10.1. The minimum Gasteiger partial charge on any atom is -0.493 e. The van der Waals surface area contributed by atoms with Crippen LogP contribution in [0.5, 0.6) is 5.75 Å². The van der Waals surface area contributed by atoms with E-state index in [0.29, 0.717) is 13.0 Å². The Morgan fingerprint density at radius 1 is 1.04 bits per heavy atom. The second kappa shape index (κ2) is 10.0. The standard InChI is InChI=1S/C20H27FN2O/c1-3-4-5-6-7-17-14-22-20(23-15-17)18-8-10-19(11-9-18)24-13-12-16(2)21/h8-11,14-16H,3-7,12-13H2,1-2H3. The highest BCUT2D eigenvalue weighted by Gasteiger charge is 2.04. The molecular formula is C20H27FN2O. The predicted octanol–water partition coefficient (Wildman–Crippen LogP) is 5.39. The molecule has 0 saturated carbocycles. The number of ether oxygens (including phenoxy) is 1. The Labute approximate surface area is 144 Å². The van der Waals surface area contributed by atoms with Crippen molar-refractivity contribution < 1.29 is 9.13 Å². The van der Waals surface area contributed by atoms with Gasteiger partial charge in [0.15, 0.2) is 5.82 Å².